The number of benzene rings is 1. The fourth-order valence-corrected chi connectivity index (χ4v) is 3.75. The first kappa shape index (κ1) is 20.5. The highest BCUT2D eigenvalue weighted by molar-refractivity contribution is 7.86. The molecule has 1 aromatic carbocycles. The van der Waals surface area contributed by atoms with E-state index in [-0.39, 0.29) is 22.3 Å². The van der Waals surface area contributed by atoms with E-state index in [1.54, 1.807) is 24.3 Å². The van der Waals surface area contributed by atoms with Gasteiger partial charge in [0.05, 0.1) is 11.5 Å². The Kier molecular flexibility index (Phi) is 6.84. The Morgan fingerprint density at radius 3 is 2.29 bits per heavy atom. The maximum atomic E-state index is 12.4. The number of rotatable bonds is 9. The minimum absolute atomic E-state index is 0.0966. The molecular weight excluding hydrogens is 326 g/mol. The van der Waals surface area contributed by atoms with Crippen LogP contribution in [-0.2, 0) is 14.3 Å². The number of aryl methyl sites for hydroxylation is 1. The zero-order valence-electron chi connectivity index (χ0n) is 15.1. The van der Waals surface area contributed by atoms with Crippen LogP contribution in [0, 0.1) is 17.8 Å². The van der Waals surface area contributed by atoms with Crippen LogP contribution in [0.1, 0.15) is 46.1 Å². The van der Waals surface area contributed by atoms with Crippen molar-refractivity contribution in [2.24, 2.45) is 15.9 Å². The molecule has 0 bridgehead atoms. The van der Waals surface area contributed by atoms with Gasteiger partial charge in [-0.1, -0.05) is 50.5 Å². The Labute approximate surface area is 145 Å². The molecule has 134 valence electrons. The Morgan fingerprint density at radius 1 is 1.21 bits per heavy atom. The number of hydrogen-bond donors (Lipinski definition) is 0. The van der Waals surface area contributed by atoms with Crippen molar-refractivity contribution in [2.75, 3.05) is 13.2 Å². The third kappa shape index (κ3) is 6.15. The molecule has 6 nitrogen and oxygen atoms in total. The van der Waals surface area contributed by atoms with Crippen molar-refractivity contribution in [3.63, 3.8) is 0 Å². The summed E-state index contributed by atoms with van der Waals surface area (Å²) in [7, 11) is -3.77. The third-order valence-electron chi connectivity index (χ3n) is 4.19. The predicted octanol–water partition coefficient (Wildman–Crippen LogP) is 4.84. The molecule has 0 amide bonds. The van der Waals surface area contributed by atoms with Crippen molar-refractivity contribution in [3.8, 4) is 0 Å². The van der Waals surface area contributed by atoms with E-state index in [0.29, 0.717) is 13.0 Å². The Bertz CT molecular complexity index is 692. The molecule has 0 fully saturated rings. The van der Waals surface area contributed by atoms with Crippen molar-refractivity contribution in [2.45, 2.75) is 52.4 Å². The maximum absolute atomic E-state index is 12.4. The van der Waals surface area contributed by atoms with Gasteiger partial charge in [0.15, 0.2) is 0 Å². The lowest BCUT2D eigenvalue weighted by molar-refractivity contribution is 0.103. The molecule has 1 aromatic rings. The molecule has 1 rings (SSSR count). The van der Waals surface area contributed by atoms with Crippen molar-refractivity contribution in [1.29, 1.82) is 0 Å². The molecule has 1 atom stereocenters. The summed E-state index contributed by atoms with van der Waals surface area (Å²) in [6, 6.07) is 6.61. The summed E-state index contributed by atoms with van der Waals surface area (Å²) < 4.78 is 30.0. The summed E-state index contributed by atoms with van der Waals surface area (Å²) >= 11 is 0. The van der Waals surface area contributed by atoms with E-state index in [2.05, 4.69) is 10.0 Å². The normalized spacial score (nSPS) is 14.7. The molecule has 0 saturated heterocycles. The summed E-state index contributed by atoms with van der Waals surface area (Å²) in [5.41, 5.74) is 8.93. The van der Waals surface area contributed by atoms with E-state index in [1.807, 2.05) is 34.6 Å². The zero-order chi connectivity index (χ0) is 18.4. The minimum Gasteiger partial charge on any atom is -0.266 e. The molecule has 0 saturated carbocycles. The average Bonchev–Trinajstić information content (AvgIpc) is 2.51. The summed E-state index contributed by atoms with van der Waals surface area (Å²) in [6.45, 7) is 10.4. The second-order valence-electron chi connectivity index (χ2n) is 7.42. The molecule has 0 aromatic heterocycles. The molecule has 0 spiro atoms. The molecule has 0 N–H and O–H groups in total. The lowest BCUT2D eigenvalue weighted by Gasteiger charge is -2.35. The van der Waals surface area contributed by atoms with Gasteiger partial charge in [0.2, 0.25) is 0 Å². The Morgan fingerprint density at radius 2 is 1.79 bits per heavy atom. The van der Waals surface area contributed by atoms with Gasteiger partial charge in [0, 0.05) is 11.5 Å². The zero-order valence-corrected chi connectivity index (χ0v) is 15.9. The number of nitrogens with zero attached hydrogens (tertiary/aromatic N) is 3. The fourth-order valence-electron chi connectivity index (χ4n) is 2.71. The van der Waals surface area contributed by atoms with Crippen molar-refractivity contribution in [3.05, 3.63) is 40.3 Å². The van der Waals surface area contributed by atoms with E-state index in [1.165, 1.54) is 0 Å². The Hall–Kier alpha value is -1.56. The van der Waals surface area contributed by atoms with E-state index in [9.17, 15) is 8.42 Å². The van der Waals surface area contributed by atoms with Crippen LogP contribution in [0.5, 0.6) is 0 Å². The number of hydrogen-bond acceptors (Lipinski definition) is 4. The molecule has 0 aliphatic rings. The second kappa shape index (κ2) is 8.01. The van der Waals surface area contributed by atoms with Gasteiger partial charge in [-0.15, -0.1) is 0 Å². The lowest BCUT2D eigenvalue weighted by atomic mass is 9.73. The van der Waals surface area contributed by atoms with Crippen molar-refractivity contribution in [1.82, 2.24) is 0 Å². The largest absolute Gasteiger partial charge is 0.296 e. The van der Waals surface area contributed by atoms with Crippen LogP contribution in [0.15, 0.2) is 34.3 Å². The number of azide groups is 1. The first-order valence-corrected chi connectivity index (χ1v) is 9.41. The highest BCUT2D eigenvalue weighted by atomic mass is 32.2. The van der Waals surface area contributed by atoms with Gasteiger partial charge in [-0.25, -0.2) is 0 Å². The monoisotopic (exact) mass is 353 g/mol. The van der Waals surface area contributed by atoms with Gasteiger partial charge in [-0.05, 0) is 48.3 Å². The van der Waals surface area contributed by atoms with Crippen LogP contribution in [0.2, 0.25) is 0 Å². The molecule has 1 unspecified atom stereocenters. The molecule has 7 heteroatoms. The maximum Gasteiger partial charge on any atom is 0.296 e. The summed E-state index contributed by atoms with van der Waals surface area (Å²) in [5.74, 6) is 0. The van der Waals surface area contributed by atoms with Gasteiger partial charge < -0.3 is 0 Å². The smallest absolute Gasteiger partial charge is 0.266 e. The van der Waals surface area contributed by atoms with Crippen molar-refractivity contribution >= 4 is 10.1 Å². The highest BCUT2D eigenvalue weighted by Gasteiger charge is 2.33. The quantitative estimate of drug-likeness (QED) is 0.275. The molecule has 0 aliphatic carbocycles. The molecule has 0 aliphatic heterocycles. The average molecular weight is 353 g/mol. The van der Waals surface area contributed by atoms with Gasteiger partial charge in [-0.2, -0.15) is 8.42 Å². The summed E-state index contributed by atoms with van der Waals surface area (Å²) in [5, 5.41) is 3.65. The fraction of sp³-hybridized carbons (Fsp3) is 0.647. The van der Waals surface area contributed by atoms with E-state index >= 15 is 0 Å². The van der Waals surface area contributed by atoms with E-state index < -0.39 is 10.1 Å². The molecule has 0 heterocycles. The summed E-state index contributed by atoms with van der Waals surface area (Å²) in [4.78, 5) is 2.97. The first-order chi connectivity index (χ1) is 11.0. The van der Waals surface area contributed by atoms with Crippen LogP contribution in [-0.4, -0.2) is 21.6 Å². The second-order valence-corrected chi connectivity index (χ2v) is 9.04. The van der Waals surface area contributed by atoms with Crippen LogP contribution in [0.3, 0.4) is 0 Å². The van der Waals surface area contributed by atoms with Crippen LogP contribution < -0.4 is 0 Å². The van der Waals surface area contributed by atoms with E-state index in [4.69, 9.17) is 9.71 Å². The topological polar surface area (TPSA) is 92.1 Å². The van der Waals surface area contributed by atoms with Crippen LogP contribution in [0.4, 0.5) is 0 Å². The molecule has 24 heavy (non-hydrogen) atoms. The molecule has 0 radical (unpaired) electrons. The van der Waals surface area contributed by atoms with Gasteiger partial charge in [-0.3, -0.25) is 4.18 Å². The first-order valence-electron chi connectivity index (χ1n) is 8.01. The van der Waals surface area contributed by atoms with Gasteiger partial charge in [0.25, 0.3) is 10.1 Å². The summed E-state index contributed by atoms with van der Waals surface area (Å²) in [6.07, 6.45) is 1.45. The molecular formula is C17H27N3O3S. The van der Waals surface area contributed by atoms with Crippen LogP contribution >= 0.6 is 0 Å². The SMILES string of the molecule is CCC(C)(COS(=O)(=O)c1ccc(C)cc1)CC(C)(C)CN=[N+]=[N-]. The van der Waals surface area contributed by atoms with Crippen molar-refractivity contribution < 1.29 is 12.6 Å². The highest BCUT2D eigenvalue weighted by Crippen LogP contribution is 2.37. The predicted molar refractivity (Wildman–Crippen MR) is 95.1 cm³/mol. The Balaban J connectivity index is 2.83. The van der Waals surface area contributed by atoms with Gasteiger partial charge >= 0.3 is 0 Å². The van der Waals surface area contributed by atoms with E-state index in [0.717, 1.165) is 12.0 Å². The van der Waals surface area contributed by atoms with Crippen LogP contribution in [0.25, 0.3) is 10.4 Å². The third-order valence-corrected chi connectivity index (χ3v) is 5.47. The minimum atomic E-state index is -3.77. The van der Waals surface area contributed by atoms with Gasteiger partial charge in [0.1, 0.15) is 0 Å². The lowest BCUT2D eigenvalue weighted by Crippen LogP contribution is -2.32. The standard InChI is InChI=1S/C17H27N3O3S/c1-6-17(5,11-16(3,4)12-19-20-18)13-23-24(21,22)15-9-7-14(2)8-10-15/h7-10H,6,11-13H2,1-5H3.